The minimum absolute atomic E-state index is 0.416. The number of hydrogen-bond donors (Lipinski definition) is 1. The highest BCUT2D eigenvalue weighted by molar-refractivity contribution is 6.30. The van der Waals surface area contributed by atoms with Crippen LogP contribution in [0.15, 0.2) is 24.3 Å². The van der Waals surface area contributed by atoms with E-state index in [2.05, 4.69) is 18.3 Å². The minimum atomic E-state index is 0.416. The van der Waals surface area contributed by atoms with Gasteiger partial charge in [0.15, 0.2) is 0 Å². The fraction of sp³-hybridized carbons (Fsp3) is 0.600. The lowest BCUT2D eigenvalue weighted by Gasteiger charge is -2.29. The van der Waals surface area contributed by atoms with Gasteiger partial charge in [-0.2, -0.15) is 0 Å². The SMILES string of the molecule is CCNC1CCC(OCc2cccc(Cl)c2)CC1. The molecule has 0 bridgehead atoms. The van der Waals surface area contributed by atoms with E-state index in [0.717, 1.165) is 30.0 Å². The zero-order valence-corrected chi connectivity index (χ0v) is 11.7. The molecule has 18 heavy (non-hydrogen) atoms. The molecule has 1 N–H and O–H groups in total. The number of halogens is 1. The molecule has 0 spiro atoms. The zero-order chi connectivity index (χ0) is 12.8. The highest BCUT2D eigenvalue weighted by Gasteiger charge is 2.20. The molecule has 1 saturated carbocycles. The summed E-state index contributed by atoms with van der Waals surface area (Å²) in [7, 11) is 0. The van der Waals surface area contributed by atoms with Gasteiger partial charge in [0.05, 0.1) is 12.7 Å². The van der Waals surface area contributed by atoms with Crippen LogP contribution in [0.25, 0.3) is 0 Å². The lowest BCUT2D eigenvalue weighted by atomic mass is 9.93. The lowest BCUT2D eigenvalue weighted by Crippen LogP contribution is -2.35. The first-order valence-corrected chi connectivity index (χ1v) is 7.25. The van der Waals surface area contributed by atoms with Crippen molar-refractivity contribution in [1.82, 2.24) is 5.32 Å². The topological polar surface area (TPSA) is 21.3 Å². The summed E-state index contributed by atoms with van der Waals surface area (Å²) >= 11 is 5.96. The van der Waals surface area contributed by atoms with Crippen molar-refractivity contribution >= 4 is 11.6 Å². The molecule has 1 aliphatic carbocycles. The van der Waals surface area contributed by atoms with Gasteiger partial charge in [0.2, 0.25) is 0 Å². The molecule has 0 unspecified atom stereocenters. The zero-order valence-electron chi connectivity index (χ0n) is 11.0. The number of benzene rings is 1. The summed E-state index contributed by atoms with van der Waals surface area (Å²) in [6, 6.07) is 8.61. The Morgan fingerprint density at radius 2 is 2.06 bits per heavy atom. The second-order valence-corrected chi connectivity index (χ2v) is 5.41. The third kappa shape index (κ3) is 4.27. The van der Waals surface area contributed by atoms with Gasteiger partial charge in [-0.25, -0.2) is 0 Å². The number of rotatable bonds is 5. The molecule has 0 aromatic heterocycles. The molecule has 0 saturated heterocycles. The van der Waals surface area contributed by atoms with E-state index in [1.807, 2.05) is 18.2 Å². The van der Waals surface area contributed by atoms with Crippen molar-refractivity contribution in [3.05, 3.63) is 34.9 Å². The molecule has 0 heterocycles. The molecule has 0 amide bonds. The second-order valence-electron chi connectivity index (χ2n) is 4.97. The summed E-state index contributed by atoms with van der Waals surface area (Å²) in [4.78, 5) is 0. The van der Waals surface area contributed by atoms with E-state index in [4.69, 9.17) is 16.3 Å². The Hall–Kier alpha value is -0.570. The number of hydrogen-bond acceptors (Lipinski definition) is 2. The molecule has 3 heteroatoms. The molecule has 2 rings (SSSR count). The molecule has 100 valence electrons. The Bertz CT molecular complexity index is 361. The predicted octanol–water partition coefficient (Wildman–Crippen LogP) is 3.78. The van der Waals surface area contributed by atoms with Crippen LogP contribution in [-0.4, -0.2) is 18.7 Å². The Balaban J connectivity index is 1.72. The Kier molecular flexibility index (Phi) is 5.48. The lowest BCUT2D eigenvalue weighted by molar-refractivity contribution is 0.0115. The van der Waals surface area contributed by atoms with E-state index in [1.165, 1.54) is 12.8 Å². The van der Waals surface area contributed by atoms with Crippen LogP contribution in [0.3, 0.4) is 0 Å². The third-order valence-electron chi connectivity index (χ3n) is 3.54. The van der Waals surface area contributed by atoms with Crippen LogP contribution in [0, 0.1) is 0 Å². The highest BCUT2D eigenvalue weighted by Crippen LogP contribution is 2.22. The summed E-state index contributed by atoms with van der Waals surface area (Å²) in [6.07, 6.45) is 5.21. The van der Waals surface area contributed by atoms with Gasteiger partial charge in [-0.3, -0.25) is 0 Å². The quantitative estimate of drug-likeness (QED) is 0.877. The fourth-order valence-corrected chi connectivity index (χ4v) is 2.78. The van der Waals surface area contributed by atoms with Crippen molar-refractivity contribution in [1.29, 1.82) is 0 Å². The Labute approximate surface area is 115 Å². The average molecular weight is 268 g/mol. The molecule has 1 aliphatic rings. The smallest absolute Gasteiger partial charge is 0.0721 e. The van der Waals surface area contributed by atoms with Crippen LogP contribution < -0.4 is 5.32 Å². The van der Waals surface area contributed by atoms with Crippen LogP contribution in [0.4, 0.5) is 0 Å². The maximum absolute atomic E-state index is 5.96. The third-order valence-corrected chi connectivity index (χ3v) is 3.78. The molecule has 1 aromatic rings. The van der Waals surface area contributed by atoms with E-state index in [-0.39, 0.29) is 0 Å². The second kappa shape index (κ2) is 7.13. The molecule has 1 aromatic carbocycles. The summed E-state index contributed by atoms with van der Waals surface area (Å²) < 4.78 is 5.96. The molecular formula is C15H22ClNO. The first-order chi connectivity index (χ1) is 8.78. The Morgan fingerprint density at radius 1 is 1.28 bits per heavy atom. The van der Waals surface area contributed by atoms with Gasteiger partial charge < -0.3 is 10.1 Å². The van der Waals surface area contributed by atoms with E-state index in [0.29, 0.717) is 18.8 Å². The summed E-state index contributed by atoms with van der Waals surface area (Å²) in [5, 5.41) is 4.30. The van der Waals surface area contributed by atoms with Crippen molar-refractivity contribution in [3.8, 4) is 0 Å². The van der Waals surface area contributed by atoms with Crippen molar-refractivity contribution in [2.24, 2.45) is 0 Å². The van der Waals surface area contributed by atoms with Crippen molar-refractivity contribution in [2.45, 2.75) is 51.4 Å². The van der Waals surface area contributed by atoms with Gasteiger partial charge in [-0.15, -0.1) is 0 Å². The van der Waals surface area contributed by atoms with Gasteiger partial charge in [-0.05, 0) is 49.9 Å². The Morgan fingerprint density at radius 3 is 2.72 bits per heavy atom. The van der Waals surface area contributed by atoms with Crippen LogP contribution in [0.5, 0.6) is 0 Å². The van der Waals surface area contributed by atoms with Gasteiger partial charge in [0.1, 0.15) is 0 Å². The molecule has 0 atom stereocenters. The van der Waals surface area contributed by atoms with Gasteiger partial charge in [0.25, 0.3) is 0 Å². The predicted molar refractivity (Wildman–Crippen MR) is 76.0 cm³/mol. The van der Waals surface area contributed by atoms with Gasteiger partial charge in [-0.1, -0.05) is 30.7 Å². The summed E-state index contributed by atoms with van der Waals surface area (Å²) in [5.74, 6) is 0. The fourth-order valence-electron chi connectivity index (χ4n) is 2.56. The molecule has 0 radical (unpaired) electrons. The maximum Gasteiger partial charge on any atom is 0.0721 e. The minimum Gasteiger partial charge on any atom is -0.374 e. The van der Waals surface area contributed by atoms with Crippen LogP contribution in [0.1, 0.15) is 38.2 Å². The molecule has 0 aliphatic heterocycles. The van der Waals surface area contributed by atoms with Crippen molar-refractivity contribution < 1.29 is 4.74 Å². The van der Waals surface area contributed by atoms with Crippen LogP contribution >= 0.6 is 11.6 Å². The first kappa shape index (κ1) is 13.9. The number of nitrogens with one attached hydrogen (secondary N) is 1. The highest BCUT2D eigenvalue weighted by atomic mass is 35.5. The van der Waals surface area contributed by atoms with Crippen molar-refractivity contribution in [3.63, 3.8) is 0 Å². The first-order valence-electron chi connectivity index (χ1n) is 6.87. The van der Waals surface area contributed by atoms with E-state index < -0.39 is 0 Å². The largest absolute Gasteiger partial charge is 0.374 e. The normalized spacial score (nSPS) is 24.1. The monoisotopic (exact) mass is 267 g/mol. The summed E-state index contributed by atoms with van der Waals surface area (Å²) in [6.45, 7) is 3.91. The van der Waals surface area contributed by atoms with Crippen LogP contribution in [-0.2, 0) is 11.3 Å². The van der Waals surface area contributed by atoms with E-state index in [1.54, 1.807) is 0 Å². The van der Waals surface area contributed by atoms with E-state index in [9.17, 15) is 0 Å². The summed E-state index contributed by atoms with van der Waals surface area (Å²) in [5.41, 5.74) is 1.16. The van der Waals surface area contributed by atoms with Gasteiger partial charge >= 0.3 is 0 Å². The van der Waals surface area contributed by atoms with E-state index >= 15 is 0 Å². The number of ether oxygens (including phenoxy) is 1. The van der Waals surface area contributed by atoms with Crippen LogP contribution in [0.2, 0.25) is 5.02 Å². The molecular weight excluding hydrogens is 246 g/mol. The molecule has 1 fully saturated rings. The molecule has 2 nitrogen and oxygen atoms in total. The van der Waals surface area contributed by atoms with Crippen molar-refractivity contribution in [2.75, 3.05) is 6.54 Å². The standard InChI is InChI=1S/C15H22ClNO/c1-2-17-14-6-8-15(9-7-14)18-11-12-4-3-5-13(16)10-12/h3-5,10,14-15,17H,2,6-9,11H2,1H3. The van der Waals surface area contributed by atoms with Gasteiger partial charge in [0, 0.05) is 11.1 Å². The maximum atomic E-state index is 5.96. The average Bonchev–Trinajstić information content (AvgIpc) is 2.38.